The zero-order chi connectivity index (χ0) is 25.0. The average Bonchev–Trinajstić information content (AvgIpc) is 3.31. The Morgan fingerprint density at radius 3 is 2.63 bits per heavy atom. The number of halogens is 3. The maximum atomic E-state index is 13.2. The molecule has 0 bridgehead atoms. The summed E-state index contributed by atoms with van der Waals surface area (Å²) in [6, 6.07) is 11.9. The molecule has 0 unspecified atom stereocenters. The largest absolute Gasteiger partial charge is 0.494 e. The monoisotopic (exact) mass is 503 g/mol. The molecule has 12 heteroatoms. The summed E-state index contributed by atoms with van der Waals surface area (Å²) >= 11 is 0.980. The molecule has 35 heavy (non-hydrogen) atoms. The van der Waals surface area contributed by atoms with Crippen LogP contribution in [0.1, 0.15) is 18.1 Å². The molecule has 182 valence electrons. The van der Waals surface area contributed by atoms with Gasteiger partial charge in [0.15, 0.2) is 10.8 Å². The van der Waals surface area contributed by atoms with Gasteiger partial charge < -0.3 is 10.1 Å². The van der Waals surface area contributed by atoms with Crippen molar-refractivity contribution in [3.8, 4) is 11.4 Å². The van der Waals surface area contributed by atoms with Crippen molar-refractivity contribution in [2.45, 2.75) is 24.8 Å². The standard InChI is InChI=1S/C23H20F3N5O3S/c1-2-34-16-9-7-15(8-10-16)31-21(33)17-12-28-30-20(17)29-22(31)35-13-19(32)27-11-14-5-3-4-6-18(14)23(24,25)26/h3-10,12H,2,11,13H2,1H3,(H,27,32)(H,28,30). The van der Waals surface area contributed by atoms with Crippen LogP contribution in [0.5, 0.6) is 5.75 Å². The van der Waals surface area contributed by atoms with E-state index in [0.29, 0.717) is 18.0 Å². The van der Waals surface area contributed by atoms with Crippen LogP contribution in [0.25, 0.3) is 16.7 Å². The Kier molecular flexibility index (Phi) is 7.10. The molecule has 4 rings (SSSR count). The first-order valence-corrected chi connectivity index (χ1v) is 11.5. The third-order valence-electron chi connectivity index (χ3n) is 4.99. The number of H-pyrrole nitrogens is 1. The minimum absolute atomic E-state index is 0.0401. The third kappa shape index (κ3) is 5.48. The number of carbonyl (C=O) groups is 1. The van der Waals surface area contributed by atoms with E-state index < -0.39 is 17.6 Å². The fourth-order valence-electron chi connectivity index (χ4n) is 3.38. The molecule has 0 spiro atoms. The Balaban J connectivity index is 1.54. The van der Waals surface area contributed by atoms with E-state index in [9.17, 15) is 22.8 Å². The second-order valence-corrected chi connectivity index (χ2v) is 8.26. The summed E-state index contributed by atoms with van der Waals surface area (Å²) < 4.78 is 46.3. The van der Waals surface area contributed by atoms with Crippen molar-refractivity contribution in [1.82, 2.24) is 25.1 Å². The molecule has 2 aromatic carbocycles. The number of hydrogen-bond donors (Lipinski definition) is 2. The lowest BCUT2D eigenvalue weighted by atomic mass is 10.1. The van der Waals surface area contributed by atoms with Crippen LogP contribution in [0, 0.1) is 0 Å². The zero-order valence-corrected chi connectivity index (χ0v) is 19.2. The van der Waals surface area contributed by atoms with Gasteiger partial charge in [0, 0.05) is 6.54 Å². The van der Waals surface area contributed by atoms with Crippen LogP contribution >= 0.6 is 11.8 Å². The van der Waals surface area contributed by atoms with Gasteiger partial charge in [0.2, 0.25) is 5.91 Å². The molecule has 0 saturated heterocycles. The number of fused-ring (bicyclic) bond motifs is 1. The average molecular weight is 504 g/mol. The van der Waals surface area contributed by atoms with E-state index in [2.05, 4.69) is 20.5 Å². The lowest BCUT2D eigenvalue weighted by molar-refractivity contribution is -0.138. The zero-order valence-electron chi connectivity index (χ0n) is 18.4. The first kappa shape index (κ1) is 24.3. The van der Waals surface area contributed by atoms with Crippen LogP contribution < -0.4 is 15.6 Å². The van der Waals surface area contributed by atoms with Crippen LogP contribution in [-0.4, -0.2) is 38.0 Å². The molecule has 0 aliphatic rings. The topological polar surface area (TPSA) is 102 Å². The molecule has 0 atom stereocenters. The van der Waals surface area contributed by atoms with E-state index in [1.165, 1.54) is 29.0 Å². The summed E-state index contributed by atoms with van der Waals surface area (Å²) in [5.41, 5.74) is -0.449. The number of thioether (sulfide) groups is 1. The number of aromatic nitrogens is 4. The normalized spacial score (nSPS) is 11.5. The Labute approximate surface area is 201 Å². The van der Waals surface area contributed by atoms with Crippen molar-refractivity contribution >= 4 is 28.7 Å². The summed E-state index contributed by atoms with van der Waals surface area (Å²) in [6.07, 6.45) is -3.15. The quantitative estimate of drug-likeness (QED) is 0.279. The van der Waals surface area contributed by atoms with Gasteiger partial charge in [-0.1, -0.05) is 30.0 Å². The molecule has 2 aromatic heterocycles. The number of nitrogens with one attached hydrogen (secondary N) is 2. The van der Waals surface area contributed by atoms with Crippen LogP contribution in [0.4, 0.5) is 13.2 Å². The minimum Gasteiger partial charge on any atom is -0.494 e. The molecule has 8 nitrogen and oxygen atoms in total. The number of aromatic amines is 1. The summed E-state index contributed by atoms with van der Waals surface area (Å²) in [5, 5.41) is 9.50. The number of carbonyl (C=O) groups excluding carboxylic acids is 1. The summed E-state index contributed by atoms with van der Waals surface area (Å²) in [7, 11) is 0. The Morgan fingerprint density at radius 2 is 1.91 bits per heavy atom. The number of hydrogen-bond acceptors (Lipinski definition) is 6. The van der Waals surface area contributed by atoms with Crippen LogP contribution in [0.2, 0.25) is 0 Å². The van der Waals surface area contributed by atoms with Gasteiger partial charge in [0.1, 0.15) is 11.1 Å². The van der Waals surface area contributed by atoms with E-state index in [1.807, 2.05) is 6.92 Å². The number of amides is 1. The van der Waals surface area contributed by atoms with Crippen molar-refractivity contribution < 1.29 is 22.7 Å². The SMILES string of the molecule is CCOc1ccc(-n2c(SCC(=O)NCc3ccccc3C(F)(F)F)nc3[nH]ncc3c2=O)cc1. The number of alkyl halides is 3. The predicted octanol–water partition coefficient (Wildman–Crippen LogP) is 3.93. The molecule has 0 radical (unpaired) electrons. The lowest BCUT2D eigenvalue weighted by Gasteiger charge is -2.14. The molecule has 2 N–H and O–H groups in total. The first-order chi connectivity index (χ1) is 16.8. The molecular formula is C23H20F3N5O3S. The molecule has 0 aliphatic carbocycles. The first-order valence-electron chi connectivity index (χ1n) is 10.5. The highest BCUT2D eigenvalue weighted by atomic mass is 32.2. The van der Waals surface area contributed by atoms with Gasteiger partial charge in [-0.05, 0) is 42.8 Å². The van der Waals surface area contributed by atoms with Crippen LogP contribution in [0.15, 0.2) is 64.7 Å². The van der Waals surface area contributed by atoms with Crippen molar-refractivity contribution in [3.05, 3.63) is 76.2 Å². The summed E-state index contributed by atoms with van der Waals surface area (Å²) in [6.45, 7) is 2.07. The van der Waals surface area contributed by atoms with Crippen molar-refractivity contribution in [2.24, 2.45) is 0 Å². The van der Waals surface area contributed by atoms with Crippen LogP contribution in [0.3, 0.4) is 0 Å². The van der Waals surface area contributed by atoms with Gasteiger partial charge in [-0.2, -0.15) is 18.3 Å². The molecule has 0 aliphatic heterocycles. The molecule has 4 aromatic rings. The Morgan fingerprint density at radius 1 is 1.17 bits per heavy atom. The van der Waals surface area contributed by atoms with Gasteiger partial charge in [-0.15, -0.1) is 0 Å². The van der Waals surface area contributed by atoms with E-state index in [1.54, 1.807) is 24.3 Å². The van der Waals surface area contributed by atoms with Gasteiger partial charge >= 0.3 is 6.18 Å². The Bertz CT molecular complexity index is 1400. The van der Waals surface area contributed by atoms with Crippen molar-refractivity contribution in [1.29, 1.82) is 0 Å². The molecule has 1 amide bonds. The number of rotatable bonds is 8. The van der Waals surface area contributed by atoms with E-state index in [-0.39, 0.29) is 39.6 Å². The van der Waals surface area contributed by atoms with Gasteiger partial charge in [0.25, 0.3) is 5.56 Å². The Hall–Kier alpha value is -3.80. The second kappa shape index (κ2) is 10.2. The van der Waals surface area contributed by atoms with E-state index >= 15 is 0 Å². The third-order valence-corrected chi connectivity index (χ3v) is 5.93. The van der Waals surface area contributed by atoms with Gasteiger partial charge in [0.05, 0.1) is 29.8 Å². The van der Waals surface area contributed by atoms with Gasteiger partial charge in [-0.25, -0.2) is 4.98 Å². The van der Waals surface area contributed by atoms with E-state index in [4.69, 9.17) is 4.74 Å². The predicted molar refractivity (Wildman–Crippen MR) is 125 cm³/mol. The maximum absolute atomic E-state index is 13.2. The minimum atomic E-state index is -4.52. The van der Waals surface area contributed by atoms with E-state index in [0.717, 1.165) is 17.8 Å². The highest BCUT2D eigenvalue weighted by molar-refractivity contribution is 7.99. The molecule has 0 fully saturated rings. The maximum Gasteiger partial charge on any atom is 0.416 e. The summed E-state index contributed by atoms with van der Waals surface area (Å²) in [4.78, 5) is 30.0. The molecular weight excluding hydrogens is 483 g/mol. The van der Waals surface area contributed by atoms with Crippen LogP contribution in [-0.2, 0) is 17.5 Å². The van der Waals surface area contributed by atoms with Gasteiger partial charge in [-0.3, -0.25) is 19.3 Å². The molecule has 0 saturated carbocycles. The fraction of sp³-hybridized carbons (Fsp3) is 0.217. The molecule has 2 heterocycles. The highest BCUT2D eigenvalue weighted by Gasteiger charge is 2.32. The number of nitrogens with zero attached hydrogens (tertiary/aromatic N) is 3. The lowest BCUT2D eigenvalue weighted by Crippen LogP contribution is -2.27. The second-order valence-electron chi connectivity index (χ2n) is 7.31. The smallest absolute Gasteiger partial charge is 0.416 e. The van der Waals surface area contributed by atoms with Crippen molar-refractivity contribution in [2.75, 3.05) is 12.4 Å². The fourth-order valence-corrected chi connectivity index (χ4v) is 4.22. The number of benzene rings is 2. The van der Waals surface area contributed by atoms with Crippen molar-refractivity contribution in [3.63, 3.8) is 0 Å². The summed E-state index contributed by atoms with van der Waals surface area (Å²) in [5.74, 6) is -0.0457. The highest BCUT2D eigenvalue weighted by Crippen LogP contribution is 2.31. The number of ether oxygens (including phenoxy) is 1.